The summed E-state index contributed by atoms with van der Waals surface area (Å²) in [4.78, 5) is 8.38. The van der Waals surface area contributed by atoms with Crippen LogP contribution in [0.3, 0.4) is 0 Å². The molecular weight excluding hydrogens is 211 g/mol. The van der Waals surface area contributed by atoms with Crippen LogP contribution in [0, 0.1) is 0 Å². The lowest BCUT2D eigenvalue weighted by Crippen LogP contribution is -1.97. The van der Waals surface area contributed by atoms with Gasteiger partial charge in [-0.1, -0.05) is 6.07 Å². The molecule has 1 N–H and O–H groups in total. The van der Waals surface area contributed by atoms with E-state index < -0.39 is 0 Å². The number of nitrogens with zero attached hydrogens (tertiary/aromatic N) is 2. The molecule has 2 rings (SSSR count). The zero-order chi connectivity index (χ0) is 10.5. The standard InChI is InChI=1S/C10H9N2O2P/c13-14-15-8-4-6-12-10(7-8)9-3-1-2-5-11-9/h1-7,13,15H. The molecule has 5 heteroatoms. The molecule has 0 bridgehead atoms. The van der Waals surface area contributed by atoms with E-state index in [1.54, 1.807) is 18.5 Å². The Morgan fingerprint density at radius 3 is 2.67 bits per heavy atom. The van der Waals surface area contributed by atoms with Gasteiger partial charge in [0.25, 0.3) is 0 Å². The third-order valence-corrected chi connectivity index (χ3v) is 2.49. The highest BCUT2D eigenvalue weighted by Crippen LogP contribution is 2.15. The van der Waals surface area contributed by atoms with Gasteiger partial charge in [0.1, 0.15) is 0 Å². The van der Waals surface area contributed by atoms with Gasteiger partial charge in [0, 0.05) is 17.7 Å². The van der Waals surface area contributed by atoms with E-state index in [0.717, 1.165) is 16.7 Å². The fourth-order valence-corrected chi connectivity index (χ4v) is 1.64. The summed E-state index contributed by atoms with van der Waals surface area (Å²) < 4.78 is 4.10. The number of hydrogen-bond acceptors (Lipinski definition) is 4. The van der Waals surface area contributed by atoms with Crippen molar-refractivity contribution in [3.8, 4) is 11.4 Å². The summed E-state index contributed by atoms with van der Waals surface area (Å²) in [6.45, 7) is 0. The predicted octanol–water partition coefficient (Wildman–Crippen LogP) is 1.85. The average molecular weight is 220 g/mol. The molecule has 15 heavy (non-hydrogen) atoms. The van der Waals surface area contributed by atoms with Crippen molar-refractivity contribution >= 4 is 14.1 Å². The molecule has 2 aromatic rings. The summed E-state index contributed by atoms with van der Waals surface area (Å²) in [6, 6.07) is 9.28. The van der Waals surface area contributed by atoms with Crippen LogP contribution in [0.2, 0.25) is 0 Å². The monoisotopic (exact) mass is 220 g/mol. The van der Waals surface area contributed by atoms with Crippen molar-refractivity contribution in [3.05, 3.63) is 42.7 Å². The van der Waals surface area contributed by atoms with Crippen molar-refractivity contribution in [1.29, 1.82) is 0 Å². The van der Waals surface area contributed by atoms with Crippen molar-refractivity contribution in [2.45, 2.75) is 0 Å². The molecule has 1 atom stereocenters. The van der Waals surface area contributed by atoms with E-state index in [9.17, 15) is 0 Å². The maximum Gasteiger partial charge on any atom is 0.0893 e. The summed E-state index contributed by atoms with van der Waals surface area (Å²) in [6.07, 6.45) is 3.39. The number of hydrogen-bond donors (Lipinski definition) is 1. The zero-order valence-electron chi connectivity index (χ0n) is 7.79. The summed E-state index contributed by atoms with van der Waals surface area (Å²) in [5.41, 5.74) is 1.58. The van der Waals surface area contributed by atoms with Gasteiger partial charge in [-0.05, 0) is 24.3 Å². The van der Waals surface area contributed by atoms with Gasteiger partial charge in [0.15, 0.2) is 0 Å². The van der Waals surface area contributed by atoms with Crippen LogP contribution in [0.1, 0.15) is 0 Å². The predicted molar refractivity (Wildman–Crippen MR) is 59.1 cm³/mol. The minimum absolute atomic E-state index is 0.0838. The second-order valence-corrected chi connectivity index (χ2v) is 3.80. The van der Waals surface area contributed by atoms with E-state index in [4.69, 9.17) is 5.26 Å². The van der Waals surface area contributed by atoms with Crippen LogP contribution >= 0.6 is 8.81 Å². The van der Waals surface area contributed by atoms with Crippen molar-refractivity contribution in [3.63, 3.8) is 0 Å². The maximum atomic E-state index is 8.36. The van der Waals surface area contributed by atoms with E-state index in [0.29, 0.717) is 0 Å². The fourth-order valence-electron chi connectivity index (χ4n) is 1.20. The Morgan fingerprint density at radius 2 is 1.93 bits per heavy atom. The smallest absolute Gasteiger partial charge is 0.0893 e. The highest BCUT2D eigenvalue weighted by Gasteiger charge is 2.01. The van der Waals surface area contributed by atoms with Gasteiger partial charge in [-0.25, -0.2) is 9.93 Å². The van der Waals surface area contributed by atoms with Gasteiger partial charge >= 0.3 is 0 Å². The number of pyridine rings is 2. The first-order valence-corrected chi connectivity index (χ1v) is 5.25. The van der Waals surface area contributed by atoms with Gasteiger partial charge in [-0.15, -0.1) is 0 Å². The average Bonchev–Trinajstić information content (AvgIpc) is 2.31. The van der Waals surface area contributed by atoms with E-state index in [-0.39, 0.29) is 8.81 Å². The Hall–Kier alpha value is -1.35. The summed E-state index contributed by atoms with van der Waals surface area (Å²) in [7, 11) is -0.0838. The Balaban J connectivity index is 2.33. The molecule has 0 saturated heterocycles. The van der Waals surface area contributed by atoms with Crippen LogP contribution in [0.4, 0.5) is 0 Å². The molecule has 0 spiro atoms. The molecule has 0 aromatic carbocycles. The molecule has 0 amide bonds. The van der Waals surface area contributed by atoms with Crippen LogP contribution in [0.5, 0.6) is 0 Å². The molecule has 0 aliphatic heterocycles. The molecule has 2 aromatic heterocycles. The second-order valence-electron chi connectivity index (χ2n) is 2.84. The topological polar surface area (TPSA) is 55.2 Å². The van der Waals surface area contributed by atoms with Crippen molar-refractivity contribution in [2.24, 2.45) is 0 Å². The van der Waals surface area contributed by atoms with Crippen LogP contribution in [-0.4, -0.2) is 15.2 Å². The third-order valence-electron chi connectivity index (χ3n) is 1.85. The van der Waals surface area contributed by atoms with Gasteiger partial charge in [-0.2, -0.15) is 0 Å². The highest BCUT2D eigenvalue weighted by molar-refractivity contribution is 7.41. The SMILES string of the molecule is OOPc1ccnc(-c2ccccn2)c1. The number of rotatable bonds is 3. The normalized spacial score (nSPS) is 11.0. The van der Waals surface area contributed by atoms with Crippen LogP contribution in [0.25, 0.3) is 11.4 Å². The first kappa shape index (κ1) is 10.2. The minimum Gasteiger partial charge on any atom is -0.255 e. The minimum atomic E-state index is -0.0838. The molecule has 0 radical (unpaired) electrons. The molecule has 0 aliphatic carbocycles. The third kappa shape index (κ3) is 2.57. The van der Waals surface area contributed by atoms with E-state index in [2.05, 4.69) is 14.6 Å². The molecule has 4 nitrogen and oxygen atoms in total. The first-order valence-electron chi connectivity index (χ1n) is 4.34. The molecule has 0 fully saturated rings. The summed E-state index contributed by atoms with van der Waals surface area (Å²) in [5, 5.41) is 9.24. The molecular formula is C10H9N2O2P. The maximum absolute atomic E-state index is 8.36. The molecule has 1 unspecified atom stereocenters. The molecule has 0 saturated carbocycles. The number of aromatic nitrogens is 2. The van der Waals surface area contributed by atoms with Crippen molar-refractivity contribution in [2.75, 3.05) is 0 Å². The lowest BCUT2D eigenvalue weighted by Gasteiger charge is -2.01. The van der Waals surface area contributed by atoms with Crippen molar-refractivity contribution in [1.82, 2.24) is 9.97 Å². The Morgan fingerprint density at radius 1 is 1.07 bits per heavy atom. The quantitative estimate of drug-likeness (QED) is 0.487. The Labute approximate surface area is 88.8 Å². The molecule has 2 heterocycles. The lowest BCUT2D eigenvalue weighted by atomic mass is 10.2. The highest BCUT2D eigenvalue weighted by atomic mass is 31.1. The fraction of sp³-hybridized carbons (Fsp3) is 0. The second kappa shape index (κ2) is 4.94. The summed E-state index contributed by atoms with van der Waals surface area (Å²) >= 11 is 0. The Bertz CT molecular complexity index is 436. The molecule has 0 aliphatic rings. The van der Waals surface area contributed by atoms with Gasteiger partial charge < -0.3 is 0 Å². The van der Waals surface area contributed by atoms with Gasteiger partial charge in [0.2, 0.25) is 0 Å². The van der Waals surface area contributed by atoms with Crippen molar-refractivity contribution < 1.29 is 9.93 Å². The van der Waals surface area contributed by atoms with E-state index >= 15 is 0 Å². The van der Waals surface area contributed by atoms with Crippen LogP contribution in [0.15, 0.2) is 42.7 Å². The van der Waals surface area contributed by atoms with E-state index in [1.807, 2.05) is 24.3 Å². The van der Waals surface area contributed by atoms with Crippen LogP contribution < -0.4 is 5.30 Å². The summed E-state index contributed by atoms with van der Waals surface area (Å²) in [5.74, 6) is 0. The van der Waals surface area contributed by atoms with Gasteiger partial charge in [-0.3, -0.25) is 9.97 Å². The van der Waals surface area contributed by atoms with Crippen LogP contribution in [-0.2, 0) is 4.67 Å². The largest absolute Gasteiger partial charge is 0.255 e. The Kier molecular flexibility index (Phi) is 3.35. The lowest BCUT2D eigenvalue weighted by molar-refractivity contribution is -0.121. The van der Waals surface area contributed by atoms with Gasteiger partial charge in [0.05, 0.1) is 20.2 Å². The molecule has 76 valence electrons. The first-order chi connectivity index (χ1) is 7.40. The van der Waals surface area contributed by atoms with E-state index in [1.165, 1.54) is 0 Å². The zero-order valence-corrected chi connectivity index (χ0v) is 8.79.